The Hall–Kier alpha value is -2.80. The molecule has 1 heteroatoms. The Kier molecular flexibility index (Phi) is 4.15. The number of pyridine rings is 1. The zero-order valence-electron chi connectivity index (χ0n) is 14.9. The van der Waals surface area contributed by atoms with Crippen LogP contribution >= 0.6 is 0 Å². The van der Waals surface area contributed by atoms with E-state index in [-0.39, 0.29) is 0 Å². The minimum atomic E-state index is 0.984. The molecule has 0 aliphatic carbocycles. The standard InChI is InChI=1S/C24H23N/c1-3-19-9-11-20(12-10-19)13-22-14-24-15-23(17-25(24)16-18(22)2)21-7-5-4-6-8-21/h4-12,14-17H,3,13H2,1-2H3. The summed E-state index contributed by atoms with van der Waals surface area (Å²) in [5.41, 5.74) is 9.29. The van der Waals surface area contributed by atoms with Crippen LogP contribution < -0.4 is 0 Å². The first kappa shape index (κ1) is 15.7. The van der Waals surface area contributed by atoms with Gasteiger partial charge in [-0.15, -0.1) is 0 Å². The molecular formula is C24H23N. The van der Waals surface area contributed by atoms with Gasteiger partial charge >= 0.3 is 0 Å². The first-order valence-corrected chi connectivity index (χ1v) is 8.97. The van der Waals surface area contributed by atoms with Crippen molar-refractivity contribution in [3.8, 4) is 11.1 Å². The second kappa shape index (κ2) is 6.60. The quantitative estimate of drug-likeness (QED) is 0.429. The number of hydrogen-bond donors (Lipinski definition) is 0. The third kappa shape index (κ3) is 3.23. The average Bonchev–Trinajstić information content (AvgIpc) is 3.06. The summed E-state index contributed by atoms with van der Waals surface area (Å²) in [6.45, 7) is 4.40. The Bertz CT molecular complexity index is 992. The van der Waals surface area contributed by atoms with Crippen molar-refractivity contribution in [3.63, 3.8) is 0 Å². The number of nitrogens with zero attached hydrogens (tertiary/aromatic N) is 1. The van der Waals surface area contributed by atoms with Crippen molar-refractivity contribution in [3.05, 3.63) is 101 Å². The highest BCUT2D eigenvalue weighted by Crippen LogP contribution is 2.25. The van der Waals surface area contributed by atoms with E-state index in [0.717, 1.165) is 12.8 Å². The Labute approximate surface area is 149 Å². The molecule has 0 bridgehead atoms. The van der Waals surface area contributed by atoms with Gasteiger partial charge in [0.15, 0.2) is 0 Å². The molecule has 0 N–H and O–H groups in total. The highest BCUT2D eigenvalue weighted by Gasteiger charge is 2.07. The maximum absolute atomic E-state index is 2.33. The van der Waals surface area contributed by atoms with Gasteiger partial charge in [0, 0.05) is 23.5 Å². The van der Waals surface area contributed by atoms with Crippen LogP contribution in [0.25, 0.3) is 16.6 Å². The molecule has 0 atom stereocenters. The fraction of sp³-hybridized carbons (Fsp3) is 0.167. The number of rotatable bonds is 4. The van der Waals surface area contributed by atoms with E-state index >= 15 is 0 Å². The maximum Gasteiger partial charge on any atom is 0.0459 e. The number of benzene rings is 2. The predicted molar refractivity (Wildman–Crippen MR) is 106 cm³/mol. The van der Waals surface area contributed by atoms with Crippen molar-refractivity contribution in [1.29, 1.82) is 0 Å². The monoisotopic (exact) mass is 325 g/mol. The van der Waals surface area contributed by atoms with Crippen molar-refractivity contribution < 1.29 is 0 Å². The maximum atomic E-state index is 2.33. The summed E-state index contributed by atoms with van der Waals surface area (Å²) in [5.74, 6) is 0. The molecule has 124 valence electrons. The third-order valence-electron chi connectivity index (χ3n) is 4.97. The molecule has 0 saturated carbocycles. The molecule has 0 aliphatic heterocycles. The van der Waals surface area contributed by atoms with Crippen molar-refractivity contribution in [1.82, 2.24) is 4.40 Å². The van der Waals surface area contributed by atoms with Crippen LogP contribution in [0.2, 0.25) is 0 Å². The average molecular weight is 325 g/mol. The summed E-state index contributed by atoms with van der Waals surface area (Å²) in [6, 6.07) is 24.2. The Morgan fingerprint density at radius 2 is 1.48 bits per heavy atom. The molecule has 0 radical (unpaired) electrons. The van der Waals surface area contributed by atoms with Crippen LogP contribution in [0.1, 0.15) is 29.2 Å². The van der Waals surface area contributed by atoms with Gasteiger partial charge < -0.3 is 4.40 Å². The first-order chi connectivity index (χ1) is 12.2. The molecule has 0 spiro atoms. The minimum Gasteiger partial charge on any atom is -0.323 e. The van der Waals surface area contributed by atoms with Crippen molar-refractivity contribution in [2.45, 2.75) is 26.7 Å². The van der Waals surface area contributed by atoms with Crippen LogP contribution in [0.4, 0.5) is 0 Å². The number of aromatic nitrogens is 1. The molecule has 2 aromatic heterocycles. The van der Waals surface area contributed by atoms with Crippen molar-refractivity contribution >= 4 is 5.52 Å². The van der Waals surface area contributed by atoms with Gasteiger partial charge in [0.05, 0.1) is 0 Å². The second-order valence-corrected chi connectivity index (χ2v) is 6.76. The summed E-state index contributed by atoms with van der Waals surface area (Å²) in [7, 11) is 0. The topological polar surface area (TPSA) is 4.41 Å². The molecule has 0 aliphatic rings. The number of fused-ring (bicyclic) bond motifs is 1. The molecule has 25 heavy (non-hydrogen) atoms. The molecule has 1 nitrogen and oxygen atoms in total. The highest BCUT2D eigenvalue weighted by atomic mass is 14.9. The molecule has 2 heterocycles. The molecular weight excluding hydrogens is 302 g/mol. The van der Waals surface area contributed by atoms with Crippen LogP contribution in [0.3, 0.4) is 0 Å². The van der Waals surface area contributed by atoms with Gasteiger partial charge in [0.1, 0.15) is 0 Å². The van der Waals surface area contributed by atoms with E-state index in [1.165, 1.54) is 38.9 Å². The van der Waals surface area contributed by atoms with E-state index in [4.69, 9.17) is 0 Å². The summed E-state index contributed by atoms with van der Waals surface area (Å²) in [4.78, 5) is 0. The van der Waals surface area contributed by atoms with Crippen LogP contribution in [-0.2, 0) is 12.8 Å². The van der Waals surface area contributed by atoms with Crippen LogP contribution in [0.5, 0.6) is 0 Å². The molecule has 0 amide bonds. The predicted octanol–water partition coefficient (Wildman–Crippen LogP) is 6.07. The number of aryl methyl sites for hydroxylation is 2. The van der Waals surface area contributed by atoms with Gasteiger partial charge in [0.25, 0.3) is 0 Å². The lowest BCUT2D eigenvalue weighted by Gasteiger charge is -2.08. The van der Waals surface area contributed by atoms with Gasteiger partial charge in [-0.3, -0.25) is 0 Å². The van der Waals surface area contributed by atoms with E-state index < -0.39 is 0 Å². The molecule has 0 fully saturated rings. The summed E-state index contributed by atoms with van der Waals surface area (Å²) >= 11 is 0. The van der Waals surface area contributed by atoms with E-state index in [1.54, 1.807) is 0 Å². The van der Waals surface area contributed by atoms with Crippen LogP contribution in [-0.4, -0.2) is 4.40 Å². The summed E-state index contributed by atoms with van der Waals surface area (Å²) in [6.07, 6.45) is 6.55. The van der Waals surface area contributed by atoms with E-state index in [0.29, 0.717) is 0 Å². The van der Waals surface area contributed by atoms with Crippen molar-refractivity contribution in [2.75, 3.05) is 0 Å². The summed E-state index contributed by atoms with van der Waals surface area (Å²) < 4.78 is 2.24. The van der Waals surface area contributed by atoms with E-state index in [9.17, 15) is 0 Å². The van der Waals surface area contributed by atoms with E-state index in [2.05, 4.69) is 97.4 Å². The van der Waals surface area contributed by atoms with Gasteiger partial charge in [-0.25, -0.2) is 0 Å². The smallest absolute Gasteiger partial charge is 0.0459 e. The molecule has 0 saturated heterocycles. The normalized spacial score (nSPS) is 11.1. The lowest BCUT2D eigenvalue weighted by Crippen LogP contribution is -1.95. The SMILES string of the molecule is CCc1ccc(Cc2cc3cc(-c4ccccc4)cn3cc2C)cc1. The largest absolute Gasteiger partial charge is 0.323 e. The van der Waals surface area contributed by atoms with Gasteiger partial charge in [-0.05, 0) is 59.7 Å². The van der Waals surface area contributed by atoms with Crippen LogP contribution in [0.15, 0.2) is 79.1 Å². The zero-order chi connectivity index (χ0) is 17.2. The van der Waals surface area contributed by atoms with Gasteiger partial charge in [-0.1, -0.05) is 61.5 Å². The fourth-order valence-corrected chi connectivity index (χ4v) is 3.40. The fourth-order valence-electron chi connectivity index (χ4n) is 3.40. The van der Waals surface area contributed by atoms with Gasteiger partial charge in [-0.2, -0.15) is 0 Å². The Morgan fingerprint density at radius 1 is 0.760 bits per heavy atom. The summed E-state index contributed by atoms with van der Waals surface area (Å²) in [5, 5.41) is 0. The molecule has 2 aromatic carbocycles. The molecule has 0 unspecified atom stereocenters. The lowest BCUT2D eigenvalue weighted by molar-refractivity contribution is 1.08. The molecule has 4 aromatic rings. The minimum absolute atomic E-state index is 0.984. The Morgan fingerprint density at radius 3 is 2.20 bits per heavy atom. The Balaban J connectivity index is 1.68. The number of hydrogen-bond acceptors (Lipinski definition) is 0. The second-order valence-electron chi connectivity index (χ2n) is 6.76. The van der Waals surface area contributed by atoms with Crippen LogP contribution in [0, 0.1) is 6.92 Å². The zero-order valence-corrected chi connectivity index (χ0v) is 14.9. The van der Waals surface area contributed by atoms with Gasteiger partial charge in [0.2, 0.25) is 0 Å². The van der Waals surface area contributed by atoms with Crippen molar-refractivity contribution in [2.24, 2.45) is 0 Å². The highest BCUT2D eigenvalue weighted by molar-refractivity contribution is 5.71. The lowest BCUT2D eigenvalue weighted by atomic mass is 10.0. The van der Waals surface area contributed by atoms with E-state index in [1.807, 2.05) is 0 Å². The molecule has 4 rings (SSSR count). The first-order valence-electron chi connectivity index (χ1n) is 8.97. The third-order valence-corrected chi connectivity index (χ3v) is 4.97.